The molecule has 0 heterocycles. The largest absolute Gasteiger partial charge is 0.388 e. The van der Waals surface area contributed by atoms with Gasteiger partial charge < -0.3 is 10.0 Å². The summed E-state index contributed by atoms with van der Waals surface area (Å²) in [5.74, 6) is 0.0763. The highest BCUT2D eigenvalue weighted by atomic mass is 16.3. The van der Waals surface area contributed by atoms with Gasteiger partial charge in [-0.2, -0.15) is 0 Å². The van der Waals surface area contributed by atoms with Crippen molar-refractivity contribution in [3.8, 4) is 0 Å². The number of carbonyl (C=O) groups is 1. The normalized spacial score (nSPS) is 17.5. The lowest BCUT2D eigenvalue weighted by atomic mass is 9.94. The Bertz CT molecular complexity index is 466. The van der Waals surface area contributed by atoms with E-state index < -0.39 is 6.10 Å². The van der Waals surface area contributed by atoms with Crippen molar-refractivity contribution in [2.24, 2.45) is 0 Å². The second-order valence-corrected chi connectivity index (χ2v) is 6.14. The van der Waals surface area contributed by atoms with E-state index in [4.69, 9.17) is 0 Å². The van der Waals surface area contributed by atoms with Crippen LogP contribution in [-0.2, 0) is 0 Å². The van der Waals surface area contributed by atoms with Gasteiger partial charge in [-0.15, -0.1) is 0 Å². The van der Waals surface area contributed by atoms with Crippen molar-refractivity contribution < 1.29 is 9.90 Å². The van der Waals surface area contributed by atoms with Crippen LogP contribution in [0.15, 0.2) is 24.3 Å². The van der Waals surface area contributed by atoms with E-state index in [-0.39, 0.29) is 5.91 Å². The smallest absolute Gasteiger partial charge is 0.253 e. The topological polar surface area (TPSA) is 40.5 Å². The molecule has 0 radical (unpaired) electrons. The van der Waals surface area contributed by atoms with Crippen LogP contribution >= 0.6 is 0 Å². The summed E-state index contributed by atoms with van der Waals surface area (Å²) in [6.45, 7) is 2.05. The van der Waals surface area contributed by atoms with Crippen LogP contribution in [0.1, 0.15) is 73.9 Å². The van der Waals surface area contributed by atoms with Crippen molar-refractivity contribution in [2.45, 2.75) is 64.0 Å². The fourth-order valence-electron chi connectivity index (χ4n) is 3.16. The van der Waals surface area contributed by atoms with Crippen LogP contribution in [0.3, 0.4) is 0 Å². The summed E-state index contributed by atoms with van der Waals surface area (Å²) in [5, 5.41) is 10.1. The van der Waals surface area contributed by atoms with Crippen molar-refractivity contribution in [3.05, 3.63) is 35.4 Å². The van der Waals surface area contributed by atoms with Gasteiger partial charge in [0.15, 0.2) is 0 Å². The molecule has 21 heavy (non-hydrogen) atoms. The van der Waals surface area contributed by atoms with Crippen molar-refractivity contribution in [1.82, 2.24) is 4.90 Å². The summed E-state index contributed by atoms with van der Waals surface area (Å²) in [4.78, 5) is 14.5. The molecular weight excluding hydrogens is 262 g/mol. The molecule has 0 aromatic heterocycles. The molecule has 3 nitrogen and oxygen atoms in total. The molecular formula is C18H27NO2. The van der Waals surface area contributed by atoms with Crippen molar-refractivity contribution >= 4 is 5.91 Å². The summed E-state index contributed by atoms with van der Waals surface area (Å²) in [6.07, 6.45) is 7.15. The number of benzene rings is 1. The minimum Gasteiger partial charge on any atom is -0.388 e. The van der Waals surface area contributed by atoms with Crippen LogP contribution in [0.4, 0.5) is 0 Å². The predicted octanol–water partition coefficient (Wildman–Crippen LogP) is 3.92. The van der Waals surface area contributed by atoms with Crippen LogP contribution in [0.2, 0.25) is 0 Å². The highest BCUT2D eigenvalue weighted by molar-refractivity contribution is 5.94. The first-order valence-electron chi connectivity index (χ1n) is 8.18. The predicted molar refractivity (Wildman–Crippen MR) is 85.3 cm³/mol. The number of hydrogen-bond donors (Lipinski definition) is 1. The van der Waals surface area contributed by atoms with Gasteiger partial charge in [0.25, 0.3) is 5.91 Å². The number of aliphatic hydroxyl groups is 1. The zero-order chi connectivity index (χ0) is 15.2. The highest BCUT2D eigenvalue weighted by Gasteiger charge is 2.23. The first-order chi connectivity index (χ1) is 10.1. The quantitative estimate of drug-likeness (QED) is 0.892. The van der Waals surface area contributed by atoms with E-state index in [9.17, 15) is 9.90 Å². The third-order valence-electron chi connectivity index (χ3n) is 4.52. The highest BCUT2D eigenvalue weighted by Crippen LogP contribution is 2.24. The fraction of sp³-hybridized carbons (Fsp3) is 0.611. The Morgan fingerprint density at radius 3 is 2.71 bits per heavy atom. The van der Waals surface area contributed by atoms with Gasteiger partial charge >= 0.3 is 0 Å². The molecule has 1 aliphatic rings. The molecule has 0 unspecified atom stereocenters. The van der Waals surface area contributed by atoms with Gasteiger partial charge in [-0.05, 0) is 37.0 Å². The molecule has 1 amide bonds. The monoisotopic (exact) mass is 289 g/mol. The van der Waals surface area contributed by atoms with Gasteiger partial charge in [0.2, 0.25) is 0 Å². The first-order valence-corrected chi connectivity index (χ1v) is 8.18. The molecule has 3 heteroatoms. The van der Waals surface area contributed by atoms with Crippen LogP contribution in [0.5, 0.6) is 0 Å². The standard InChI is InChI=1S/C18H27NO2/c1-3-8-17(20)14-9-7-10-15(13-14)18(21)19(2)16-11-5-4-6-12-16/h7,9-10,13,16-17,20H,3-6,8,11-12H2,1-2H3/t17-/m1/s1. The van der Waals surface area contributed by atoms with Crippen LogP contribution < -0.4 is 0 Å². The summed E-state index contributed by atoms with van der Waals surface area (Å²) in [7, 11) is 1.91. The fourth-order valence-corrected chi connectivity index (χ4v) is 3.16. The molecule has 1 aromatic carbocycles. The maximum absolute atomic E-state index is 12.6. The van der Waals surface area contributed by atoms with Gasteiger partial charge in [0.05, 0.1) is 6.10 Å². The lowest BCUT2D eigenvalue weighted by molar-refractivity contribution is 0.0696. The van der Waals surface area contributed by atoms with Crippen molar-refractivity contribution in [1.29, 1.82) is 0 Å². The second-order valence-electron chi connectivity index (χ2n) is 6.14. The van der Waals surface area contributed by atoms with Gasteiger partial charge in [-0.1, -0.05) is 44.7 Å². The molecule has 0 aliphatic heterocycles. The molecule has 1 atom stereocenters. The van der Waals surface area contributed by atoms with E-state index in [0.29, 0.717) is 11.6 Å². The Kier molecular flexibility index (Phi) is 5.80. The molecule has 0 spiro atoms. The molecule has 1 fully saturated rings. The lowest BCUT2D eigenvalue weighted by Gasteiger charge is -2.31. The van der Waals surface area contributed by atoms with Gasteiger partial charge in [-0.3, -0.25) is 4.79 Å². The Hall–Kier alpha value is -1.35. The second kappa shape index (κ2) is 7.60. The van der Waals surface area contributed by atoms with Crippen LogP contribution in [0.25, 0.3) is 0 Å². The van der Waals surface area contributed by atoms with Crippen molar-refractivity contribution in [3.63, 3.8) is 0 Å². The Labute approximate surface area is 128 Å². The van der Waals surface area contributed by atoms with E-state index in [2.05, 4.69) is 6.92 Å². The molecule has 2 rings (SSSR count). The van der Waals surface area contributed by atoms with Gasteiger partial charge in [0, 0.05) is 18.7 Å². The Morgan fingerprint density at radius 1 is 1.33 bits per heavy atom. The number of rotatable bonds is 5. The van der Waals surface area contributed by atoms with Crippen LogP contribution in [0, 0.1) is 0 Å². The summed E-state index contributed by atoms with van der Waals surface area (Å²) >= 11 is 0. The molecule has 0 saturated heterocycles. The molecule has 1 aliphatic carbocycles. The first kappa shape index (κ1) is 16.0. The number of carbonyl (C=O) groups excluding carboxylic acids is 1. The summed E-state index contributed by atoms with van der Waals surface area (Å²) < 4.78 is 0. The zero-order valence-electron chi connectivity index (χ0n) is 13.2. The number of hydrogen-bond acceptors (Lipinski definition) is 2. The average molecular weight is 289 g/mol. The molecule has 1 N–H and O–H groups in total. The number of aliphatic hydroxyl groups excluding tert-OH is 1. The maximum Gasteiger partial charge on any atom is 0.253 e. The lowest BCUT2D eigenvalue weighted by Crippen LogP contribution is -2.38. The van der Waals surface area contributed by atoms with Gasteiger partial charge in [-0.25, -0.2) is 0 Å². The maximum atomic E-state index is 12.6. The molecule has 116 valence electrons. The van der Waals surface area contributed by atoms with E-state index in [1.165, 1.54) is 19.3 Å². The third-order valence-corrected chi connectivity index (χ3v) is 4.52. The van der Waals surface area contributed by atoms with E-state index in [0.717, 1.165) is 31.2 Å². The summed E-state index contributed by atoms with van der Waals surface area (Å²) in [5.41, 5.74) is 1.54. The van der Waals surface area contributed by atoms with Crippen LogP contribution in [-0.4, -0.2) is 29.0 Å². The third kappa shape index (κ3) is 4.07. The zero-order valence-corrected chi connectivity index (χ0v) is 13.2. The molecule has 1 saturated carbocycles. The Morgan fingerprint density at radius 2 is 2.05 bits per heavy atom. The summed E-state index contributed by atoms with van der Waals surface area (Å²) in [6, 6.07) is 7.84. The van der Waals surface area contributed by atoms with Crippen molar-refractivity contribution in [2.75, 3.05) is 7.05 Å². The number of amides is 1. The molecule has 1 aromatic rings. The minimum absolute atomic E-state index is 0.0763. The van der Waals surface area contributed by atoms with E-state index in [1.807, 2.05) is 36.2 Å². The minimum atomic E-state index is -0.470. The Balaban J connectivity index is 2.09. The van der Waals surface area contributed by atoms with Gasteiger partial charge in [0.1, 0.15) is 0 Å². The van der Waals surface area contributed by atoms with E-state index >= 15 is 0 Å². The average Bonchev–Trinajstić information content (AvgIpc) is 2.54. The SMILES string of the molecule is CCC[C@@H](O)c1cccc(C(=O)N(C)C2CCCCC2)c1. The van der Waals surface area contributed by atoms with E-state index in [1.54, 1.807) is 0 Å². The number of nitrogens with zero attached hydrogens (tertiary/aromatic N) is 1. The molecule has 0 bridgehead atoms.